The summed E-state index contributed by atoms with van der Waals surface area (Å²) < 4.78 is 11.8. The first kappa shape index (κ1) is 21.8. The highest BCUT2D eigenvalue weighted by Gasteiger charge is 2.59. The van der Waals surface area contributed by atoms with E-state index in [1.165, 1.54) is 4.90 Å². The molecule has 0 bridgehead atoms. The van der Waals surface area contributed by atoms with E-state index in [0.717, 1.165) is 16.7 Å². The molecule has 2 amide bonds. The van der Waals surface area contributed by atoms with Crippen LogP contribution in [0.4, 0.5) is 4.79 Å². The van der Waals surface area contributed by atoms with Crippen molar-refractivity contribution in [2.45, 2.75) is 32.1 Å². The van der Waals surface area contributed by atoms with Crippen LogP contribution in [-0.2, 0) is 26.5 Å². The fourth-order valence-corrected chi connectivity index (χ4v) is 4.46. The summed E-state index contributed by atoms with van der Waals surface area (Å²) in [6, 6.07) is 28.4. The molecule has 1 aliphatic heterocycles. The van der Waals surface area contributed by atoms with Gasteiger partial charge in [-0.15, -0.1) is 0 Å². The van der Waals surface area contributed by atoms with Crippen LogP contribution in [0.15, 0.2) is 91.0 Å². The van der Waals surface area contributed by atoms with E-state index < -0.39 is 23.6 Å². The first-order chi connectivity index (χ1) is 15.5. The molecule has 0 N–H and O–H groups in total. The van der Waals surface area contributed by atoms with E-state index in [2.05, 4.69) is 0 Å². The Hall–Kier alpha value is -3.44. The molecule has 1 heterocycles. The van der Waals surface area contributed by atoms with Crippen LogP contribution < -0.4 is 0 Å². The van der Waals surface area contributed by atoms with E-state index in [9.17, 15) is 9.59 Å². The fraction of sp³-hybridized carbons (Fsp3) is 0.259. The van der Waals surface area contributed by atoms with E-state index in [0.29, 0.717) is 6.61 Å². The highest BCUT2D eigenvalue weighted by molar-refractivity contribution is 5.95. The van der Waals surface area contributed by atoms with Crippen LogP contribution in [0.3, 0.4) is 0 Å². The van der Waals surface area contributed by atoms with Gasteiger partial charge in [0, 0.05) is 11.1 Å². The summed E-state index contributed by atoms with van der Waals surface area (Å²) in [6.45, 7) is 4.09. The quantitative estimate of drug-likeness (QED) is 0.521. The summed E-state index contributed by atoms with van der Waals surface area (Å²) in [6.07, 6.45) is -0.648. The standard InChI is InChI=1S/C27H27NO4/c1-20(2)25-27(22-14-8-4-9-15-22,23-16-10-5-11-17-23)32-26(30)28(25)24(29)19-31-18-21-12-6-3-7-13-21/h3-17,20,25H,18-19H2,1-2H3. The number of amides is 2. The number of benzene rings is 3. The topological polar surface area (TPSA) is 55.8 Å². The molecule has 164 valence electrons. The summed E-state index contributed by atoms with van der Waals surface area (Å²) in [5.74, 6) is -0.460. The fourth-order valence-electron chi connectivity index (χ4n) is 4.46. The molecule has 0 saturated carbocycles. The van der Waals surface area contributed by atoms with Gasteiger partial charge in [-0.2, -0.15) is 0 Å². The van der Waals surface area contributed by atoms with Crippen LogP contribution >= 0.6 is 0 Å². The van der Waals surface area contributed by atoms with E-state index in [4.69, 9.17) is 9.47 Å². The van der Waals surface area contributed by atoms with E-state index >= 15 is 0 Å². The monoisotopic (exact) mass is 429 g/mol. The highest BCUT2D eigenvalue weighted by Crippen LogP contribution is 2.47. The van der Waals surface area contributed by atoms with Crippen molar-refractivity contribution in [3.05, 3.63) is 108 Å². The number of carbonyl (C=O) groups excluding carboxylic acids is 2. The molecule has 0 spiro atoms. The minimum atomic E-state index is -1.09. The Morgan fingerprint density at radius 1 is 0.906 bits per heavy atom. The van der Waals surface area contributed by atoms with Crippen molar-refractivity contribution in [3.63, 3.8) is 0 Å². The molecular formula is C27H27NO4. The molecule has 32 heavy (non-hydrogen) atoms. The first-order valence-corrected chi connectivity index (χ1v) is 10.8. The van der Waals surface area contributed by atoms with Crippen molar-refractivity contribution in [1.82, 2.24) is 4.90 Å². The molecule has 1 unspecified atom stereocenters. The Balaban J connectivity index is 1.67. The van der Waals surface area contributed by atoms with Crippen LogP contribution in [-0.4, -0.2) is 29.5 Å². The number of hydrogen-bond donors (Lipinski definition) is 0. The second kappa shape index (κ2) is 9.37. The van der Waals surface area contributed by atoms with Crippen molar-refractivity contribution in [2.75, 3.05) is 6.61 Å². The molecule has 4 rings (SSSR count). The van der Waals surface area contributed by atoms with E-state index in [-0.39, 0.29) is 12.5 Å². The van der Waals surface area contributed by atoms with Gasteiger partial charge in [0.2, 0.25) is 0 Å². The lowest BCUT2D eigenvalue weighted by molar-refractivity contribution is -0.135. The summed E-state index contributed by atoms with van der Waals surface area (Å²) in [7, 11) is 0. The second-order valence-corrected chi connectivity index (χ2v) is 8.27. The SMILES string of the molecule is CC(C)C1N(C(=O)COCc2ccccc2)C(=O)OC1(c1ccccc1)c1ccccc1. The van der Waals surface area contributed by atoms with Gasteiger partial charge in [0.05, 0.1) is 12.6 Å². The molecule has 3 aromatic rings. The molecule has 0 radical (unpaired) electrons. The minimum absolute atomic E-state index is 0.0556. The number of carbonyl (C=O) groups is 2. The third-order valence-electron chi connectivity index (χ3n) is 5.78. The first-order valence-electron chi connectivity index (χ1n) is 10.8. The average molecular weight is 430 g/mol. The van der Waals surface area contributed by atoms with Crippen molar-refractivity contribution in [1.29, 1.82) is 0 Å². The van der Waals surface area contributed by atoms with E-state index in [1.807, 2.05) is 105 Å². The smallest absolute Gasteiger partial charge is 0.418 e. The highest BCUT2D eigenvalue weighted by atomic mass is 16.6. The Morgan fingerprint density at radius 3 is 1.91 bits per heavy atom. The van der Waals surface area contributed by atoms with Gasteiger partial charge in [-0.1, -0.05) is 105 Å². The molecule has 5 heteroatoms. The Labute approximate surface area is 188 Å². The third-order valence-corrected chi connectivity index (χ3v) is 5.78. The van der Waals surface area contributed by atoms with Gasteiger partial charge in [-0.3, -0.25) is 4.79 Å². The lowest BCUT2D eigenvalue weighted by Gasteiger charge is -2.37. The van der Waals surface area contributed by atoms with Crippen LogP contribution in [0.1, 0.15) is 30.5 Å². The van der Waals surface area contributed by atoms with Crippen molar-refractivity contribution in [2.24, 2.45) is 5.92 Å². The van der Waals surface area contributed by atoms with Gasteiger partial charge in [-0.25, -0.2) is 9.69 Å². The molecule has 1 saturated heterocycles. The van der Waals surface area contributed by atoms with Crippen molar-refractivity contribution in [3.8, 4) is 0 Å². The number of imide groups is 1. The maximum Gasteiger partial charge on any atom is 0.418 e. The second-order valence-electron chi connectivity index (χ2n) is 8.27. The summed E-state index contributed by atoms with van der Waals surface area (Å²) in [5.41, 5.74) is 1.54. The zero-order chi connectivity index (χ0) is 22.6. The third kappa shape index (κ3) is 4.04. The van der Waals surface area contributed by atoms with Crippen molar-refractivity contribution >= 4 is 12.0 Å². The van der Waals surface area contributed by atoms with Crippen LogP contribution in [0.2, 0.25) is 0 Å². The maximum atomic E-state index is 13.2. The molecule has 1 fully saturated rings. The summed E-state index contributed by atoms with van der Waals surface area (Å²) in [4.78, 5) is 27.6. The van der Waals surface area contributed by atoms with Gasteiger partial charge in [-0.05, 0) is 11.5 Å². The van der Waals surface area contributed by atoms with E-state index in [1.54, 1.807) is 0 Å². The molecule has 1 atom stereocenters. The van der Waals surface area contributed by atoms with Crippen LogP contribution in [0, 0.1) is 5.92 Å². The Kier molecular flexibility index (Phi) is 6.37. The van der Waals surface area contributed by atoms with Crippen molar-refractivity contribution < 1.29 is 19.1 Å². The van der Waals surface area contributed by atoms with Gasteiger partial charge in [0.15, 0.2) is 5.60 Å². The largest absolute Gasteiger partial charge is 0.430 e. The molecular weight excluding hydrogens is 402 g/mol. The number of nitrogens with zero attached hydrogens (tertiary/aromatic N) is 1. The van der Waals surface area contributed by atoms with Gasteiger partial charge < -0.3 is 9.47 Å². The molecule has 5 nitrogen and oxygen atoms in total. The molecule has 0 aliphatic carbocycles. The molecule has 0 aromatic heterocycles. The predicted molar refractivity (Wildman–Crippen MR) is 122 cm³/mol. The summed E-state index contributed by atoms with van der Waals surface area (Å²) in [5, 5.41) is 0. The van der Waals surface area contributed by atoms with Gasteiger partial charge >= 0.3 is 6.09 Å². The predicted octanol–water partition coefficient (Wildman–Crippen LogP) is 5.15. The Morgan fingerprint density at radius 2 is 1.41 bits per heavy atom. The van der Waals surface area contributed by atoms with Crippen LogP contribution in [0.5, 0.6) is 0 Å². The normalized spacial score (nSPS) is 17.4. The van der Waals surface area contributed by atoms with Gasteiger partial charge in [0.1, 0.15) is 6.61 Å². The van der Waals surface area contributed by atoms with Gasteiger partial charge in [0.25, 0.3) is 5.91 Å². The lowest BCUT2D eigenvalue weighted by atomic mass is 9.75. The zero-order valence-corrected chi connectivity index (χ0v) is 18.3. The number of rotatable bonds is 7. The average Bonchev–Trinajstić information content (AvgIpc) is 3.15. The molecule has 1 aliphatic rings. The summed E-state index contributed by atoms with van der Waals surface area (Å²) >= 11 is 0. The minimum Gasteiger partial charge on any atom is -0.430 e. The lowest BCUT2D eigenvalue weighted by Crippen LogP contribution is -2.50. The Bertz CT molecular complexity index is 1010. The number of hydrogen-bond acceptors (Lipinski definition) is 4. The molecule has 3 aromatic carbocycles. The van der Waals surface area contributed by atoms with Crippen LogP contribution in [0.25, 0.3) is 0 Å². The maximum absolute atomic E-state index is 13.2. The number of ether oxygens (including phenoxy) is 2. The number of cyclic esters (lactones) is 1. The zero-order valence-electron chi connectivity index (χ0n) is 18.3.